The first-order valence-electron chi connectivity index (χ1n) is 6.58. The van der Waals surface area contributed by atoms with Crippen molar-refractivity contribution in [1.29, 1.82) is 0 Å². The molecule has 2 rings (SSSR count). The summed E-state index contributed by atoms with van der Waals surface area (Å²) < 4.78 is 11.0. The minimum atomic E-state index is 0.263. The van der Waals surface area contributed by atoms with Gasteiger partial charge in [-0.15, -0.1) is 0 Å². The van der Waals surface area contributed by atoms with E-state index in [0.717, 1.165) is 26.4 Å². The second-order valence-corrected chi connectivity index (χ2v) is 5.93. The highest BCUT2D eigenvalue weighted by molar-refractivity contribution is 4.84. The number of rotatable bonds is 3. The lowest BCUT2D eigenvalue weighted by atomic mass is 9.75. The van der Waals surface area contributed by atoms with Gasteiger partial charge >= 0.3 is 0 Å². The topological polar surface area (TPSA) is 30.5 Å². The van der Waals surface area contributed by atoms with Gasteiger partial charge in [0.05, 0.1) is 25.9 Å². The second-order valence-electron chi connectivity index (χ2n) is 5.93. The first-order chi connectivity index (χ1) is 7.66. The van der Waals surface area contributed by atoms with Crippen molar-refractivity contribution in [2.75, 3.05) is 26.4 Å². The van der Waals surface area contributed by atoms with Crippen LogP contribution in [-0.4, -0.2) is 38.5 Å². The third-order valence-electron chi connectivity index (χ3n) is 3.72. The first kappa shape index (κ1) is 12.3. The molecule has 0 aromatic carbocycles. The van der Waals surface area contributed by atoms with E-state index in [0.29, 0.717) is 11.5 Å². The van der Waals surface area contributed by atoms with E-state index >= 15 is 0 Å². The van der Waals surface area contributed by atoms with Gasteiger partial charge in [0, 0.05) is 12.6 Å². The van der Waals surface area contributed by atoms with Crippen LogP contribution in [0, 0.1) is 5.41 Å². The Bertz CT molecular complexity index is 212. The normalized spacial score (nSPS) is 34.9. The predicted molar refractivity (Wildman–Crippen MR) is 64.6 cm³/mol. The van der Waals surface area contributed by atoms with Crippen molar-refractivity contribution in [1.82, 2.24) is 5.32 Å². The minimum Gasteiger partial charge on any atom is -0.376 e. The van der Waals surface area contributed by atoms with E-state index in [4.69, 9.17) is 9.47 Å². The highest BCUT2D eigenvalue weighted by Gasteiger charge is 2.28. The molecule has 0 spiro atoms. The van der Waals surface area contributed by atoms with Crippen molar-refractivity contribution < 1.29 is 9.47 Å². The van der Waals surface area contributed by atoms with Gasteiger partial charge in [-0.25, -0.2) is 0 Å². The molecule has 94 valence electrons. The van der Waals surface area contributed by atoms with Crippen LogP contribution in [0.25, 0.3) is 0 Å². The standard InChI is InChI=1S/C13H25NO2/c1-13(2)5-3-4-11(8-13)14-9-12-10-15-6-7-16-12/h11-12,14H,3-10H2,1-2H3. The summed E-state index contributed by atoms with van der Waals surface area (Å²) in [6, 6.07) is 0.675. The first-order valence-corrected chi connectivity index (χ1v) is 6.58. The molecule has 16 heavy (non-hydrogen) atoms. The lowest BCUT2D eigenvalue weighted by molar-refractivity contribution is -0.0876. The Morgan fingerprint density at radius 3 is 2.88 bits per heavy atom. The summed E-state index contributed by atoms with van der Waals surface area (Å²) in [5, 5.41) is 3.64. The summed E-state index contributed by atoms with van der Waals surface area (Å²) in [5.41, 5.74) is 0.514. The van der Waals surface area contributed by atoms with Crippen LogP contribution < -0.4 is 5.32 Å². The number of ether oxygens (including phenoxy) is 2. The molecule has 0 aromatic heterocycles. The summed E-state index contributed by atoms with van der Waals surface area (Å²) in [7, 11) is 0. The van der Waals surface area contributed by atoms with Gasteiger partial charge in [0.1, 0.15) is 0 Å². The van der Waals surface area contributed by atoms with Gasteiger partial charge in [0.2, 0.25) is 0 Å². The molecule has 1 aliphatic carbocycles. The molecule has 0 bridgehead atoms. The van der Waals surface area contributed by atoms with Crippen LogP contribution in [0.4, 0.5) is 0 Å². The fourth-order valence-electron chi connectivity index (χ4n) is 2.82. The molecule has 0 radical (unpaired) electrons. The molecule has 2 atom stereocenters. The van der Waals surface area contributed by atoms with Crippen molar-refractivity contribution in [2.24, 2.45) is 5.41 Å². The fraction of sp³-hybridized carbons (Fsp3) is 1.00. The van der Waals surface area contributed by atoms with Gasteiger partial charge in [-0.05, 0) is 24.7 Å². The average molecular weight is 227 g/mol. The predicted octanol–water partition coefficient (Wildman–Crippen LogP) is 1.96. The van der Waals surface area contributed by atoms with E-state index in [1.807, 2.05) is 0 Å². The molecule has 2 aliphatic rings. The summed E-state index contributed by atoms with van der Waals surface area (Å²) in [5.74, 6) is 0. The molecule has 2 fully saturated rings. The van der Waals surface area contributed by atoms with E-state index in [2.05, 4.69) is 19.2 Å². The molecule has 0 amide bonds. The van der Waals surface area contributed by atoms with Gasteiger partial charge in [-0.2, -0.15) is 0 Å². The van der Waals surface area contributed by atoms with Gasteiger partial charge in [0.25, 0.3) is 0 Å². The molecular formula is C13H25NO2. The van der Waals surface area contributed by atoms with Crippen LogP contribution in [0.5, 0.6) is 0 Å². The molecule has 2 unspecified atom stereocenters. The van der Waals surface area contributed by atoms with E-state index in [1.165, 1.54) is 25.7 Å². The number of nitrogens with one attached hydrogen (secondary N) is 1. The molecule has 1 heterocycles. The average Bonchev–Trinajstić information content (AvgIpc) is 2.27. The van der Waals surface area contributed by atoms with Crippen molar-refractivity contribution in [3.8, 4) is 0 Å². The van der Waals surface area contributed by atoms with Crippen molar-refractivity contribution >= 4 is 0 Å². The minimum absolute atomic E-state index is 0.263. The number of hydrogen-bond donors (Lipinski definition) is 1. The molecule has 3 nitrogen and oxygen atoms in total. The monoisotopic (exact) mass is 227 g/mol. The quantitative estimate of drug-likeness (QED) is 0.799. The van der Waals surface area contributed by atoms with Gasteiger partial charge < -0.3 is 14.8 Å². The maximum Gasteiger partial charge on any atom is 0.0933 e. The Morgan fingerprint density at radius 1 is 1.31 bits per heavy atom. The fourth-order valence-corrected chi connectivity index (χ4v) is 2.82. The maximum absolute atomic E-state index is 5.63. The Hall–Kier alpha value is -0.120. The van der Waals surface area contributed by atoms with E-state index in [9.17, 15) is 0 Å². The van der Waals surface area contributed by atoms with Crippen LogP contribution in [0.1, 0.15) is 39.5 Å². The van der Waals surface area contributed by atoms with Crippen LogP contribution in [0.15, 0.2) is 0 Å². The third kappa shape index (κ3) is 3.72. The molecular weight excluding hydrogens is 202 g/mol. The van der Waals surface area contributed by atoms with Crippen LogP contribution in [-0.2, 0) is 9.47 Å². The Morgan fingerprint density at radius 2 is 2.19 bits per heavy atom. The molecule has 1 aliphatic heterocycles. The lowest BCUT2D eigenvalue weighted by Gasteiger charge is -2.36. The summed E-state index contributed by atoms with van der Waals surface area (Å²) in [6.45, 7) is 7.96. The molecule has 1 N–H and O–H groups in total. The molecule has 3 heteroatoms. The lowest BCUT2D eigenvalue weighted by Crippen LogP contribution is -2.44. The molecule has 0 aromatic rings. The van der Waals surface area contributed by atoms with E-state index < -0.39 is 0 Å². The van der Waals surface area contributed by atoms with Crippen LogP contribution in [0.3, 0.4) is 0 Å². The maximum atomic E-state index is 5.63. The van der Waals surface area contributed by atoms with E-state index in [-0.39, 0.29) is 6.10 Å². The van der Waals surface area contributed by atoms with Crippen LogP contribution >= 0.6 is 0 Å². The largest absolute Gasteiger partial charge is 0.376 e. The van der Waals surface area contributed by atoms with Gasteiger partial charge in [0.15, 0.2) is 0 Å². The second kappa shape index (κ2) is 5.48. The van der Waals surface area contributed by atoms with Crippen molar-refractivity contribution in [2.45, 2.75) is 51.7 Å². The summed E-state index contributed by atoms with van der Waals surface area (Å²) in [4.78, 5) is 0. The Balaban J connectivity index is 1.68. The SMILES string of the molecule is CC1(C)CCCC(NCC2COCCO2)C1. The van der Waals surface area contributed by atoms with Crippen LogP contribution in [0.2, 0.25) is 0 Å². The zero-order chi connectivity index (χ0) is 11.4. The third-order valence-corrected chi connectivity index (χ3v) is 3.72. The molecule has 1 saturated carbocycles. The zero-order valence-corrected chi connectivity index (χ0v) is 10.6. The molecule has 1 saturated heterocycles. The highest BCUT2D eigenvalue weighted by atomic mass is 16.6. The summed E-state index contributed by atoms with van der Waals surface area (Å²) >= 11 is 0. The number of hydrogen-bond acceptors (Lipinski definition) is 3. The Labute approximate surface area is 98.9 Å². The van der Waals surface area contributed by atoms with Gasteiger partial charge in [-0.3, -0.25) is 0 Å². The van der Waals surface area contributed by atoms with Gasteiger partial charge in [-0.1, -0.05) is 20.3 Å². The summed E-state index contributed by atoms with van der Waals surface area (Å²) in [6.07, 6.45) is 5.59. The Kier molecular flexibility index (Phi) is 4.22. The zero-order valence-electron chi connectivity index (χ0n) is 10.6. The van der Waals surface area contributed by atoms with Crippen molar-refractivity contribution in [3.05, 3.63) is 0 Å². The van der Waals surface area contributed by atoms with E-state index in [1.54, 1.807) is 0 Å². The van der Waals surface area contributed by atoms with Crippen molar-refractivity contribution in [3.63, 3.8) is 0 Å². The highest BCUT2D eigenvalue weighted by Crippen LogP contribution is 2.35. The smallest absolute Gasteiger partial charge is 0.0933 e.